The highest BCUT2D eigenvalue weighted by atomic mass is 16.5. The molecule has 0 saturated carbocycles. The van der Waals surface area contributed by atoms with Crippen LogP contribution in [0, 0.1) is 0 Å². The maximum atomic E-state index is 12.1. The van der Waals surface area contributed by atoms with Gasteiger partial charge in [-0.2, -0.15) is 0 Å². The maximum absolute atomic E-state index is 12.1. The second-order valence-corrected chi connectivity index (χ2v) is 8.89. The molecule has 0 amide bonds. The normalized spacial score (nSPS) is 12.3. The van der Waals surface area contributed by atoms with E-state index in [0.717, 1.165) is 38.5 Å². The monoisotopic (exact) mass is 438 g/mol. The molecule has 4 nitrogen and oxygen atoms in total. The average molecular weight is 439 g/mol. The first-order chi connectivity index (χ1) is 15.1. The SMILES string of the molecule is CCCCCC/C=C\CCCCCCCC(=O)OC(CCCCCCCC)CC(=O)O. The Labute approximate surface area is 192 Å². The number of carbonyl (C=O) groups excluding carboxylic acids is 1. The van der Waals surface area contributed by atoms with E-state index in [1.165, 1.54) is 70.6 Å². The maximum Gasteiger partial charge on any atom is 0.307 e. The first-order valence-electron chi connectivity index (χ1n) is 13.2. The molecule has 31 heavy (non-hydrogen) atoms. The number of esters is 1. The van der Waals surface area contributed by atoms with Crippen LogP contribution in [0.2, 0.25) is 0 Å². The van der Waals surface area contributed by atoms with E-state index in [1.807, 2.05) is 0 Å². The highest BCUT2D eigenvalue weighted by Gasteiger charge is 2.17. The zero-order chi connectivity index (χ0) is 23.0. The zero-order valence-corrected chi connectivity index (χ0v) is 20.5. The standard InChI is InChI=1S/C27H50O4/c1-3-5-7-9-11-12-13-14-15-16-17-19-21-23-27(30)31-25(24-26(28)29)22-20-18-10-8-6-4-2/h12-13,25H,3-11,14-24H2,1-2H3,(H,28,29)/b13-12-. The van der Waals surface area contributed by atoms with Crippen molar-refractivity contribution in [3.05, 3.63) is 12.2 Å². The molecule has 0 spiro atoms. The fraction of sp³-hybridized carbons (Fsp3) is 0.852. The number of carboxylic acid groups (broad SMARTS) is 1. The van der Waals surface area contributed by atoms with Crippen molar-refractivity contribution in [2.75, 3.05) is 0 Å². The molecule has 1 atom stereocenters. The predicted octanol–water partition coefficient (Wildman–Crippen LogP) is 8.38. The number of ether oxygens (including phenoxy) is 1. The van der Waals surface area contributed by atoms with Gasteiger partial charge >= 0.3 is 11.9 Å². The molecule has 0 aliphatic heterocycles. The summed E-state index contributed by atoms with van der Waals surface area (Å²) in [5.74, 6) is -1.12. The van der Waals surface area contributed by atoms with Gasteiger partial charge in [0.1, 0.15) is 6.10 Å². The van der Waals surface area contributed by atoms with Crippen LogP contribution in [-0.4, -0.2) is 23.1 Å². The highest BCUT2D eigenvalue weighted by molar-refractivity contribution is 5.71. The summed E-state index contributed by atoms with van der Waals surface area (Å²) in [5, 5.41) is 9.07. The predicted molar refractivity (Wildman–Crippen MR) is 130 cm³/mol. The Hall–Kier alpha value is -1.32. The molecular formula is C27H50O4. The molecule has 0 saturated heterocycles. The van der Waals surface area contributed by atoms with E-state index in [2.05, 4.69) is 26.0 Å². The van der Waals surface area contributed by atoms with Crippen molar-refractivity contribution < 1.29 is 19.4 Å². The fourth-order valence-corrected chi connectivity index (χ4v) is 3.78. The molecule has 182 valence electrons. The van der Waals surface area contributed by atoms with Crippen molar-refractivity contribution in [2.45, 2.75) is 148 Å². The van der Waals surface area contributed by atoms with Crippen molar-refractivity contribution >= 4 is 11.9 Å². The fourth-order valence-electron chi connectivity index (χ4n) is 3.78. The van der Waals surface area contributed by atoms with E-state index in [4.69, 9.17) is 9.84 Å². The van der Waals surface area contributed by atoms with E-state index in [-0.39, 0.29) is 12.4 Å². The lowest BCUT2D eigenvalue weighted by atomic mass is 10.1. The number of aliphatic carboxylic acids is 1. The smallest absolute Gasteiger partial charge is 0.307 e. The number of rotatable bonds is 23. The topological polar surface area (TPSA) is 63.6 Å². The Morgan fingerprint density at radius 1 is 0.710 bits per heavy atom. The molecule has 0 aliphatic carbocycles. The molecule has 0 rings (SSSR count). The third kappa shape index (κ3) is 23.2. The van der Waals surface area contributed by atoms with Crippen molar-refractivity contribution in [3.8, 4) is 0 Å². The van der Waals surface area contributed by atoms with E-state index in [0.29, 0.717) is 12.8 Å². The Morgan fingerprint density at radius 3 is 1.77 bits per heavy atom. The average Bonchev–Trinajstić information content (AvgIpc) is 2.73. The molecule has 0 radical (unpaired) electrons. The summed E-state index contributed by atoms with van der Waals surface area (Å²) in [4.78, 5) is 23.1. The van der Waals surface area contributed by atoms with Gasteiger partial charge in [-0.15, -0.1) is 0 Å². The molecule has 4 heteroatoms. The van der Waals surface area contributed by atoms with E-state index >= 15 is 0 Å². The van der Waals surface area contributed by atoms with Crippen molar-refractivity contribution in [2.24, 2.45) is 0 Å². The first-order valence-corrected chi connectivity index (χ1v) is 13.2. The molecule has 0 heterocycles. The molecule has 0 aromatic rings. The summed E-state index contributed by atoms with van der Waals surface area (Å²) in [6.45, 7) is 4.43. The van der Waals surface area contributed by atoms with Crippen LogP contribution in [0.1, 0.15) is 142 Å². The van der Waals surface area contributed by atoms with Crippen LogP contribution < -0.4 is 0 Å². The number of hydrogen-bond donors (Lipinski definition) is 1. The van der Waals surface area contributed by atoms with Gasteiger partial charge in [-0.3, -0.25) is 9.59 Å². The molecular weight excluding hydrogens is 388 g/mol. The molecule has 1 N–H and O–H groups in total. The molecule has 0 fully saturated rings. The van der Waals surface area contributed by atoms with Crippen molar-refractivity contribution in [3.63, 3.8) is 0 Å². The van der Waals surface area contributed by atoms with Crippen LogP contribution in [0.15, 0.2) is 12.2 Å². The van der Waals surface area contributed by atoms with Gasteiger partial charge in [0.25, 0.3) is 0 Å². The van der Waals surface area contributed by atoms with Gasteiger partial charge < -0.3 is 9.84 Å². The van der Waals surface area contributed by atoms with Gasteiger partial charge in [0.15, 0.2) is 0 Å². The van der Waals surface area contributed by atoms with Gasteiger partial charge in [0.05, 0.1) is 6.42 Å². The molecule has 0 aromatic heterocycles. The lowest BCUT2D eigenvalue weighted by Gasteiger charge is -2.16. The minimum Gasteiger partial charge on any atom is -0.481 e. The van der Waals surface area contributed by atoms with Gasteiger partial charge in [0.2, 0.25) is 0 Å². The number of allylic oxidation sites excluding steroid dienone is 2. The third-order valence-electron chi connectivity index (χ3n) is 5.72. The van der Waals surface area contributed by atoms with Crippen LogP contribution in [0.4, 0.5) is 0 Å². The third-order valence-corrected chi connectivity index (χ3v) is 5.72. The van der Waals surface area contributed by atoms with E-state index < -0.39 is 12.1 Å². The van der Waals surface area contributed by atoms with Gasteiger partial charge in [-0.25, -0.2) is 0 Å². The quantitative estimate of drug-likeness (QED) is 0.0988. The molecule has 1 unspecified atom stereocenters. The largest absolute Gasteiger partial charge is 0.481 e. The van der Waals surface area contributed by atoms with Crippen LogP contribution in [-0.2, 0) is 14.3 Å². The zero-order valence-electron chi connectivity index (χ0n) is 20.5. The van der Waals surface area contributed by atoms with Crippen molar-refractivity contribution in [1.29, 1.82) is 0 Å². The van der Waals surface area contributed by atoms with Gasteiger partial charge in [0, 0.05) is 6.42 Å². The molecule has 0 aliphatic rings. The number of unbranched alkanes of at least 4 members (excludes halogenated alkanes) is 14. The number of carboxylic acids is 1. The van der Waals surface area contributed by atoms with Crippen LogP contribution >= 0.6 is 0 Å². The minimum absolute atomic E-state index is 0.0766. The van der Waals surface area contributed by atoms with Gasteiger partial charge in [-0.1, -0.05) is 96.6 Å². The lowest BCUT2D eigenvalue weighted by Crippen LogP contribution is -2.21. The second-order valence-electron chi connectivity index (χ2n) is 8.89. The summed E-state index contributed by atoms with van der Waals surface area (Å²) in [6.07, 6.45) is 25.2. The summed E-state index contributed by atoms with van der Waals surface area (Å²) < 4.78 is 5.47. The molecule has 0 aromatic carbocycles. The van der Waals surface area contributed by atoms with Gasteiger partial charge in [-0.05, 0) is 44.9 Å². The summed E-state index contributed by atoms with van der Waals surface area (Å²) in [7, 11) is 0. The highest BCUT2D eigenvalue weighted by Crippen LogP contribution is 2.15. The Morgan fingerprint density at radius 2 is 1.19 bits per heavy atom. The van der Waals surface area contributed by atoms with Crippen molar-refractivity contribution in [1.82, 2.24) is 0 Å². The van der Waals surface area contributed by atoms with Crippen LogP contribution in [0.3, 0.4) is 0 Å². The van der Waals surface area contributed by atoms with Crippen LogP contribution in [0.25, 0.3) is 0 Å². The Balaban J connectivity index is 3.71. The Bertz CT molecular complexity index is 445. The second kappa shape index (κ2) is 23.3. The summed E-state index contributed by atoms with van der Waals surface area (Å²) in [6, 6.07) is 0. The lowest BCUT2D eigenvalue weighted by molar-refractivity contribution is -0.153. The van der Waals surface area contributed by atoms with E-state index in [9.17, 15) is 9.59 Å². The minimum atomic E-state index is -0.890. The van der Waals surface area contributed by atoms with E-state index in [1.54, 1.807) is 0 Å². The molecule has 0 bridgehead atoms. The number of carbonyl (C=O) groups is 2. The van der Waals surface area contributed by atoms with Crippen LogP contribution in [0.5, 0.6) is 0 Å². The Kier molecular flexibility index (Phi) is 22.4. The first kappa shape index (κ1) is 29.7. The summed E-state index contributed by atoms with van der Waals surface area (Å²) >= 11 is 0. The summed E-state index contributed by atoms with van der Waals surface area (Å²) in [5.41, 5.74) is 0. The number of hydrogen-bond acceptors (Lipinski definition) is 3.